The molecule has 0 aliphatic carbocycles. The van der Waals surface area contributed by atoms with E-state index in [0.29, 0.717) is 18.5 Å². The van der Waals surface area contributed by atoms with Crippen LogP contribution in [-0.4, -0.2) is 24.4 Å². The number of rotatable bonds is 2. The normalized spacial score (nSPS) is 18.9. The minimum Gasteiger partial charge on any atom is -0.354 e. The van der Waals surface area contributed by atoms with Crippen molar-refractivity contribution in [2.45, 2.75) is 12.5 Å². The topological polar surface area (TPSA) is 58.2 Å². The summed E-state index contributed by atoms with van der Waals surface area (Å²) in [6.07, 6.45) is 0.345. The van der Waals surface area contributed by atoms with Crippen LogP contribution in [0.15, 0.2) is 27.1 Å². The molecule has 2 amide bonds. The van der Waals surface area contributed by atoms with Crippen LogP contribution in [0.2, 0.25) is 0 Å². The fraction of sp³-hybridized carbons (Fsp3) is 0.273. The number of benzene rings is 1. The van der Waals surface area contributed by atoms with Crippen molar-refractivity contribution in [2.75, 3.05) is 6.54 Å². The molecule has 17 heavy (non-hydrogen) atoms. The van der Waals surface area contributed by atoms with Gasteiger partial charge in [0.2, 0.25) is 5.91 Å². The van der Waals surface area contributed by atoms with Gasteiger partial charge >= 0.3 is 0 Å². The molecule has 1 aromatic rings. The fourth-order valence-corrected chi connectivity index (χ4v) is 2.43. The lowest BCUT2D eigenvalue weighted by Gasteiger charge is -2.11. The van der Waals surface area contributed by atoms with Gasteiger partial charge in [0.15, 0.2) is 0 Å². The first-order valence-corrected chi connectivity index (χ1v) is 6.67. The summed E-state index contributed by atoms with van der Waals surface area (Å²) in [6.45, 7) is 0.496. The number of hydrogen-bond acceptors (Lipinski definition) is 2. The van der Waals surface area contributed by atoms with Gasteiger partial charge in [0.1, 0.15) is 0 Å². The molecule has 1 aliphatic rings. The first-order chi connectivity index (χ1) is 8.06. The molecule has 1 saturated heterocycles. The molecule has 1 fully saturated rings. The van der Waals surface area contributed by atoms with Crippen LogP contribution in [0.25, 0.3) is 0 Å². The van der Waals surface area contributed by atoms with E-state index in [1.54, 1.807) is 12.1 Å². The number of carbonyl (C=O) groups excluding carboxylic acids is 2. The molecule has 4 nitrogen and oxygen atoms in total. The Labute approximate surface area is 115 Å². The molecule has 1 unspecified atom stereocenters. The van der Waals surface area contributed by atoms with Crippen molar-refractivity contribution in [3.8, 4) is 0 Å². The van der Waals surface area contributed by atoms with Crippen LogP contribution < -0.4 is 10.6 Å². The second kappa shape index (κ2) is 5.18. The van der Waals surface area contributed by atoms with Crippen molar-refractivity contribution < 1.29 is 9.59 Å². The highest BCUT2D eigenvalue weighted by Gasteiger charge is 2.23. The maximum absolute atomic E-state index is 12.0. The van der Waals surface area contributed by atoms with Crippen molar-refractivity contribution in [3.63, 3.8) is 0 Å². The molecule has 90 valence electrons. The van der Waals surface area contributed by atoms with E-state index in [4.69, 9.17) is 0 Å². The van der Waals surface area contributed by atoms with Gasteiger partial charge in [-0.05, 0) is 34.1 Å². The first kappa shape index (κ1) is 12.6. The molecular formula is C11H10Br2N2O2. The molecule has 1 aliphatic heterocycles. The summed E-state index contributed by atoms with van der Waals surface area (Å²) in [6, 6.07) is 5.27. The van der Waals surface area contributed by atoms with Crippen molar-refractivity contribution >= 4 is 43.7 Å². The summed E-state index contributed by atoms with van der Waals surface area (Å²) in [4.78, 5) is 23.0. The average Bonchev–Trinajstić information content (AvgIpc) is 2.67. The molecule has 0 radical (unpaired) electrons. The van der Waals surface area contributed by atoms with Crippen molar-refractivity contribution in [3.05, 3.63) is 32.7 Å². The third kappa shape index (κ3) is 3.07. The monoisotopic (exact) mass is 360 g/mol. The van der Waals surface area contributed by atoms with Gasteiger partial charge < -0.3 is 10.6 Å². The molecule has 0 spiro atoms. The van der Waals surface area contributed by atoms with Gasteiger partial charge in [-0.3, -0.25) is 9.59 Å². The van der Waals surface area contributed by atoms with Crippen LogP contribution in [0.1, 0.15) is 16.8 Å². The maximum Gasteiger partial charge on any atom is 0.252 e. The summed E-state index contributed by atoms with van der Waals surface area (Å²) in [5.74, 6) is -0.205. The standard InChI is InChI=1S/C11H10Br2N2O2/c12-6-1-2-9(13)8(3-6)11(17)15-7-4-10(16)14-5-7/h1-3,7H,4-5H2,(H,14,16)(H,15,17). The fourth-order valence-electron chi connectivity index (χ4n) is 1.64. The highest BCUT2D eigenvalue weighted by Crippen LogP contribution is 2.21. The lowest BCUT2D eigenvalue weighted by Crippen LogP contribution is -2.36. The number of hydrogen-bond donors (Lipinski definition) is 2. The predicted molar refractivity (Wildman–Crippen MR) is 70.7 cm³/mol. The maximum atomic E-state index is 12.0. The van der Waals surface area contributed by atoms with Gasteiger partial charge in [-0.25, -0.2) is 0 Å². The Kier molecular flexibility index (Phi) is 3.83. The first-order valence-electron chi connectivity index (χ1n) is 5.09. The Morgan fingerprint density at radius 3 is 2.82 bits per heavy atom. The van der Waals surface area contributed by atoms with Crippen molar-refractivity contribution in [1.29, 1.82) is 0 Å². The summed E-state index contributed by atoms with van der Waals surface area (Å²) in [7, 11) is 0. The SMILES string of the molecule is O=C1CC(NC(=O)c2cc(Br)ccc2Br)CN1. The van der Waals surface area contributed by atoms with E-state index in [1.165, 1.54) is 0 Å². The van der Waals surface area contributed by atoms with E-state index in [2.05, 4.69) is 42.5 Å². The smallest absolute Gasteiger partial charge is 0.252 e. The van der Waals surface area contributed by atoms with Gasteiger partial charge in [-0.2, -0.15) is 0 Å². The summed E-state index contributed by atoms with van der Waals surface area (Å²) in [5, 5.41) is 5.50. The van der Waals surface area contributed by atoms with Crippen LogP contribution in [0.4, 0.5) is 0 Å². The minimum atomic E-state index is -0.181. The number of amides is 2. The van der Waals surface area contributed by atoms with Gasteiger partial charge in [-0.15, -0.1) is 0 Å². The Bertz CT molecular complexity index is 477. The third-order valence-electron chi connectivity index (χ3n) is 2.49. The molecule has 1 atom stereocenters. The summed E-state index contributed by atoms with van der Waals surface area (Å²) < 4.78 is 1.57. The quantitative estimate of drug-likeness (QED) is 0.844. The van der Waals surface area contributed by atoms with Crippen molar-refractivity contribution in [2.24, 2.45) is 0 Å². The molecular weight excluding hydrogens is 352 g/mol. The Morgan fingerprint density at radius 1 is 1.41 bits per heavy atom. The van der Waals surface area contributed by atoms with Crippen LogP contribution >= 0.6 is 31.9 Å². The Morgan fingerprint density at radius 2 is 2.18 bits per heavy atom. The van der Waals surface area contributed by atoms with E-state index in [0.717, 1.165) is 8.95 Å². The zero-order valence-electron chi connectivity index (χ0n) is 8.80. The third-order valence-corrected chi connectivity index (χ3v) is 3.67. The van der Waals surface area contributed by atoms with Gasteiger partial charge in [0.25, 0.3) is 5.91 Å². The largest absolute Gasteiger partial charge is 0.354 e. The van der Waals surface area contributed by atoms with E-state index in [9.17, 15) is 9.59 Å². The highest BCUT2D eigenvalue weighted by molar-refractivity contribution is 9.11. The molecule has 1 aromatic carbocycles. The average molecular weight is 362 g/mol. The van der Waals surface area contributed by atoms with Crippen LogP contribution in [0, 0.1) is 0 Å². The number of halogens is 2. The van der Waals surface area contributed by atoms with E-state index in [-0.39, 0.29) is 17.9 Å². The summed E-state index contributed by atoms with van der Waals surface area (Å²) >= 11 is 6.65. The Hall–Kier alpha value is -0.880. The zero-order valence-corrected chi connectivity index (χ0v) is 12.0. The predicted octanol–water partition coefficient (Wildman–Crippen LogP) is 1.83. The van der Waals surface area contributed by atoms with Gasteiger partial charge in [0, 0.05) is 21.9 Å². The van der Waals surface area contributed by atoms with Crippen LogP contribution in [0.3, 0.4) is 0 Å². The molecule has 6 heteroatoms. The molecule has 0 aromatic heterocycles. The van der Waals surface area contributed by atoms with E-state index in [1.807, 2.05) is 6.07 Å². The lowest BCUT2D eigenvalue weighted by atomic mass is 10.2. The molecule has 2 rings (SSSR count). The van der Waals surface area contributed by atoms with E-state index >= 15 is 0 Å². The minimum absolute atomic E-state index is 0.0244. The van der Waals surface area contributed by atoms with Crippen LogP contribution in [-0.2, 0) is 4.79 Å². The van der Waals surface area contributed by atoms with E-state index < -0.39 is 0 Å². The molecule has 0 saturated carbocycles. The Balaban J connectivity index is 2.09. The molecule has 2 N–H and O–H groups in total. The second-order valence-electron chi connectivity index (χ2n) is 3.80. The summed E-state index contributed by atoms with van der Waals surface area (Å²) in [5.41, 5.74) is 0.554. The molecule has 1 heterocycles. The van der Waals surface area contributed by atoms with Crippen molar-refractivity contribution in [1.82, 2.24) is 10.6 Å². The van der Waals surface area contributed by atoms with Crippen LogP contribution in [0.5, 0.6) is 0 Å². The number of carbonyl (C=O) groups is 2. The highest BCUT2D eigenvalue weighted by atomic mass is 79.9. The lowest BCUT2D eigenvalue weighted by molar-refractivity contribution is -0.119. The second-order valence-corrected chi connectivity index (χ2v) is 5.57. The number of nitrogens with one attached hydrogen (secondary N) is 2. The zero-order chi connectivity index (χ0) is 12.4. The van der Waals surface area contributed by atoms with Gasteiger partial charge in [0.05, 0.1) is 11.6 Å². The van der Waals surface area contributed by atoms with Gasteiger partial charge in [-0.1, -0.05) is 15.9 Å². The molecule has 0 bridgehead atoms.